The summed E-state index contributed by atoms with van der Waals surface area (Å²) in [7, 11) is 1.39. The van der Waals surface area contributed by atoms with E-state index in [9.17, 15) is 9.90 Å². The number of rotatable bonds is 1. The highest BCUT2D eigenvalue weighted by molar-refractivity contribution is 5.85. The zero-order valence-electron chi connectivity index (χ0n) is 7.45. The van der Waals surface area contributed by atoms with E-state index < -0.39 is 5.54 Å². The van der Waals surface area contributed by atoms with E-state index in [1.54, 1.807) is 0 Å². The Balaban J connectivity index is 0.000000845. The van der Waals surface area contributed by atoms with Crippen LogP contribution in [0.4, 0.5) is 0 Å². The molecule has 0 radical (unpaired) electrons. The van der Waals surface area contributed by atoms with Crippen molar-refractivity contribution in [3.05, 3.63) is 0 Å². The van der Waals surface area contributed by atoms with Gasteiger partial charge < -0.3 is 9.84 Å². The number of hydrogen-bond acceptors (Lipinski definition) is 4. The molecule has 0 aliphatic carbocycles. The molecule has 2 aliphatic heterocycles. The Hall–Kier alpha value is -0.320. The van der Waals surface area contributed by atoms with Crippen molar-refractivity contribution in [2.24, 2.45) is 0 Å². The lowest BCUT2D eigenvalue weighted by Crippen LogP contribution is -2.45. The zero-order chi connectivity index (χ0) is 8.77. The van der Waals surface area contributed by atoms with E-state index in [1.165, 1.54) is 7.11 Å². The lowest BCUT2D eigenvalue weighted by atomic mass is 9.86. The van der Waals surface area contributed by atoms with Crippen LogP contribution >= 0.6 is 12.4 Å². The van der Waals surface area contributed by atoms with Gasteiger partial charge in [0.25, 0.3) is 0 Å². The first-order valence-electron chi connectivity index (χ1n) is 4.22. The van der Waals surface area contributed by atoms with Gasteiger partial charge >= 0.3 is 5.97 Å². The number of hydrogen-bond donors (Lipinski definition) is 2. The SMILES string of the molecule is COC(=O)C12CCC(N1)C(O)C2.Cl. The quantitative estimate of drug-likeness (QED) is 0.587. The summed E-state index contributed by atoms with van der Waals surface area (Å²) in [6.07, 6.45) is 1.79. The molecule has 0 amide bonds. The summed E-state index contributed by atoms with van der Waals surface area (Å²) in [5, 5.41) is 12.6. The number of methoxy groups -OCH3 is 1. The monoisotopic (exact) mass is 207 g/mol. The number of nitrogens with one attached hydrogen (secondary N) is 1. The van der Waals surface area contributed by atoms with Crippen molar-refractivity contribution < 1.29 is 14.6 Å². The summed E-state index contributed by atoms with van der Waals surface area (Å²) in [6, 6.07) is 0.101. The molecule has 13 heavy (non-hydrogen) atoms. The van der Waals surface area contributed by atoms with Gasteiger partial charge in [0.15, 0.2) is 0 Å². The first kappa shape index (κ1) is 10.8. The van der Waals surface area contributed by atoms with Gasteiger partial charge in [-0.25, -0.2) is 0 Å². The van der Waals surface area contributed by atoms with Gasteiger partial charge in [-0.15, -0.1) is 12.4 Å². The summed E-state index contributed by atoms with van der Waals surface area (Å²) in [5.74, 6) is -0.235. The topological polar surface area (TPSA) is 58.6 Å². The molecule has 4 nitrogen and oxygen atoms in total. The second kappa shape index (κ2) is 3.44. The number of carbonyl (C=O) groups excluding carboxylic acids is 1. The van der Waals surface area contributed by atoms with Crippen molar-refractivity contribution in [2.75, 3.05) is 7.11 Å². The van der Waals surface area contributed by atoms with Gasteiger partial charge in [-0.05, 0) is 12.8 Å². The number of halogens is 1. The van der Waals surface area contributed by atoms with Crippen LogP contribution in [0.3, 0.4) is 0 Å². The number of ether oxygens (including phenoxy) is 1. The van der Waals surface area contributed by atoms with Crippen molar-refractivity contribution in [3.63, 3.8) is 0 Å². The highest BCUT2D eigenvalue weighted by atomic mass is 35.5. The van der Waals surface area contributed by atoms with Gasteiger partial charge in [0, 0.05) is 12.5 Å². The Bertz CT molecular complexity index is 219. The Morgan fingerprint density at radius 1 is 1.69 bits per heavy atom. The Morgan fingerprint density at radius 2 is 2.38 bits per heavy atom. The van der Waals surface area contributed by atoms with Gasteiger partial charge in [-0.3, -0.25) is 10.1 Å². The second-order valence-corrected chi connectivity index (χ2v) is 3.63. The van der Waals surface area contributed by atoms with E-state index in [4.69, 9.17) is 4.74 Å². The fourth-order valence-electron chi connectivity index (χ4n) is 2.29. The van der Waals surface area contributed by atoms with Gasteiger partial charge in [0.05, 0.1) is 13.2 Å². The molecule has 2 saturated heterocycles. The fraction of sp³-hybridized carbons (Fsp3) is 0.875. The molecule has 0 saturated carbocycles. The van der Waals surface area contributed by atoms with E-state index in [1.807, 2.05) is 0 Å². The van der Waals surface area contributed by atoms with Crippen molar-refractivity contribution in [3.8, 4) is 0 Å². The van der Waals surface area contributed by atoms with Crippen molar-refractivity contribution in [2.45, 2.75) is 36.9 Å². The summed E-state index contributed by atoms with van der Waals surface area (Å²) in [4.78, 5) is 11.3. The van der Waals surface area contributed by atoms with Crippen molar-refractivity contribution >= 4 is 18.4 Å². The standard InChI is InChI=1S/C8H13NO3.ClH/c1-12-7(11)8-3-2-5(9-8)6(10)4-8;/h5-6,9-10H,2-4H2,1H3;1H. The molecule has 0 aromatic carbocycles. The van der Waals surface area contributed by atoms with E-state index >= 15 is 0 Å². The van der Waals surface area contributed by atoms with E-state index in [2.05, 4.69) is 5.32 Å². The van der Waals surface area contributed by atoms with Crippen LogP contribution in [0.1, 0.15) is 19.3 Å². The maximum atomic E-state index is 11.3. The highest BCUT2D eigenvalue weighted by Crippen LogP contribution is 2.38. The van der Waals surface area contributed by atoms with E-state index in [0.717, 1.165) is 12.8 Å². The van der Waals surface area contributed by atoms with E-state index in [-0.39, 0.29) is 30.5 Å². The van der Waals surface area contributed by atoms with Crippen LogP contribution in [0, 0.1) is 0 Å². The molecule has 0 aromatic heterocycles. The Kier molecular flexibility index (Phi) is 2.85. The molecular formula is C8H14ClNO3. The van der Waals surface area contributed by atoms with Crippen LogP contribution in [0.2, 0.25) is 0 Å². The van der Waals surface area contributed by atoms with Crippen molar-refractivity contribution in [1.82, 2.24) is 5.32 Å². The molecule has 2 N–H and O–H groups in total. The maximum Gasteiger partial charge on any atom is 0.326 e. The molecule has 3 atom stereocenters. The number of fused-ring (bicyclic) bond motifs is 2. The summed E-state index contributed by atoms with van der Waals surface area (Å²) in [6.45, 7) is 0. The Labute approximate surface area is 83.1 Å². The number of esters is 1. The van der Waals surface area contributed by atoms with Crippen LogP contribution in [-0.2, 0) is 9.53 Å². The smallest absolute Gasteiger partial charge is 0.326 e. The molecule has 2 rings (SSSR count). The number of aliphatic hydroxyl groups excluding tert-OH is 1. The van der Waals surface area contributed by atoms with E-state index in [0.29, 0.717) is 6.42 Å². The normalized spacial score (nSPS) is 41.4. The summed E-state index contributed by atoms with van der Waals surface area (Å²) >= 11 is 0. The first-order valence-corrected chi connectivity index (χ1v) is 4.22. The molecule has 0 spiro atoms. The average molecular weight is 208 g/mol. The average Bonchev–Trinajstić information content (AvgIpc) is 2.60. The zero-order valence-corrected chi connectivity index (χ0v) is 8.26. The molecule has 0 aromatic rings. The summed E-state index contributed by atoms with van der Waals surface area (Å²) < 4.78 is 4.69. The van der Waals surface area contributed by atoms with Crippen molar-refractivity contribution in [1.29, 1.82) is 0 Å². The van der Waals surface area contributed by atoms with Gasteiger partial charge in [-0.1, -0.05) is 0 Å². The molecule has 3 unspecified atom stereocenters. The van der Waals surface area contributed by atoms with Crippen LogP contribution in [0.5, 0.6) is 0 Å². The molecule has 2 heterocycles. The van der Waals surface area contributed by atoms with Crippen LogP contribution < -0.4 is 5.32 Å². The van der Waals surface area contributed by atoms with Gasteiger partial charge in [0.2, 0.25) is 0 Å². The van der Waals surface area contributed by atoms with Crippen LogP contribution in [0.15, 0.2) is 0 Å². The second-order valence-electron chi connectivity index (χ2n) is 3.63. The third kappa shape index (κ3) is 1.43. The largest absolute Gasteiger partial charge is 0.468 e. The third-order valence-electron chi connectivity index (χ3n) is 2.94. The van der Waals surface area contributed by atoms with Crippen LogP contribution in [0.25, 0.3) is 0 Å². The Morgan fingerprint density at radius 3 is 2.77 bits per heavy atom. The predicted octanol–water partition coefficient (Wildman–Crippen LogP) is -0.163. The van der Waals surface area contributed by atoms with Crippen LogP contribution in [-0.4, -0.2) is 35.9 Å². The minimum Gasteiger partial charge on any atom is -0.468 e. The maximum absolute atomic E-state index is 11.3. The molecule has 76 valence electrons. The fourth-order valence-corrected chi connectivity index (χ4v) is 2.29. The molecule has 2 bridgehead atoms. The minimum atomic E-state index is -0.571. The summed E-state index contributed by atoms with van der Waals surface area (Å²) in [5.41, 5.74) is -0.571. The number of carbonyl (C=O) groups is 1. The lowest BCUT2D eigenvalue weighted by molar-refractivity contribution is -0.148. The predicted molar refractivity (Wildman–Crippen MR) is 48.8 cm³/mol. The molecule has 5 heteroatoms. The third-order valence-corrected chi connectivity index (χ3v) is 2.94. The minimum absolute atomic E-state index is 0. The molecular weight excluding hydrogens is 194 g/mol. The number of aliphatic hydroxyl groups is 1. The molecule has 2 aliphatic rings. The first-order chi connectivity index (χ1) is 5.68. The molecule has 2 fully saturated rings. The van der Waals surface area contributed by atoms with Gasteiger partial charge in [0.1, 0.15) is 5.54 Å². The highest BCUT2D eigenvalue weighted by Gasteiger charge is 2.55. The lowest BCUT2D eigenvalue weighted by Gasteiger charge is -2.23. The van der Waals surface area contributed by atoms with Gasteiger partial charge in [-0.2, -0.15) is 0 Å².